The van der Waals surface area contributed by atoms with Gasteiger partial charge in [0, 0.05) is 11.8 Å². The molecule has 0 radical (unpaired) electrons. The highest BCUT2D eigenvalue weighted by atomic mass is 35.5. The quantitative estimate of drug-likeness (QED) is 0.668. The number of benzene rings is 2. The van der Waals surface area contributed by atoms with E-state index in [4.69, 9.17) is 16.3 Å². The number of carbonyl (C=O) groups is 1. The Labute approximate surface area is 156 Å². The lowest BCUT2D eigenvalue weighted by Crippen LogP contribution is -2.14. The summed E-state index contributed by atoms with van der Waals surface area (Å²) in [6, 6.07) is 16.0. The van der Waals surface area contributed by atoms with Gasteiger partial charge < -0.3 is 15.4 Å². The Bertz CT molecular complexity index is 900. The third-order valence-electron chi connectivity index (χ3n) is 3.46. The second-order valence-electron chi connectivity index (χ2n) is 5.30. The van der Waals surface area contributed by atoms with Crippen LogP contribution in [-0.4, -0.2) is 22.5 Å². The molecule has 0 aliphatic heterocycles. The lowest BCUT2D eigenvalue weighted by atomic mass is 10.2. The topological polar surface area (TPSA) is 76.1 Å². The molecule has 1 aromatic heterocycles. The summed E-state index contributed by atoms with van der Waals surface area (Å²) in [7, 11) is 0. The van der Waals surface area contributed by atoms with Crippen molar-refractivity contribution in [2.24, 2.45) is 0 Å². The molecular formula is C19H17ClN4O2. The fourth-order valence-corrected chi connectivity index (χ4v) is 2.43. The van der Waals surface area contributed by atoms with Crippen molar-refractivity contribution in [3.8, 4) is 5.75 Å². The Kier molecular flexibility index (Phi) is 5.66. The Morgan fingerprint density at radius 3 is 2.62 bits per heavy atom. The van der Waals surface area contributed by atoms with E-state index >= 15 is 0 Å². The van der Waals surface area contributed by atoms with Crippen molar-refractivity contribution in [2.75, 3.05) is 17.2 Å². The van der Waals surface area contributed by atoms with Crippen molar-refractivity contribution in [2.45, 2.75) is 6.92 Å². The van der Waals surface area contributed by atoms with Crippen LogP contribution in [0.5, 0.6) is 5.75 Å². The van der Waals surface area contributed by atoms with Crippen LogP contribution in [0.3, 0.4) is 0 Å². The minimum Gasteiger partial charge on any atom is -0.494 e. The van der Waals surface area contributed by atoms with Crippen molar-refractivity contribution in [3.05, 3.63) is 71.6 Å². The monoisotopic (exact) mass is 368 g/mol. The van der Waals surface area contributed by atoms with E-state index in [-0.39, 0.29) is 11.6 Å². The van der Waals surface area contributed by atoms with E-state index in [0.29, 0.717) is 28.8 Å². The first-order valence-electron chi connectivity index (χ1n) is 8.03. The molecule has 0 saturated heterocycles. The van der Waals surface area contributed by atoms with Crippen LogP contribution in [0, 0.1) is 0 Å². The molecule has 3 aromatic rings. The van der Waals surface area contributed by atoms with Crippen molar-refractivity contribution >= 4 is 34.7 Å². The predicted octanol–water partition coefficient (Wildman–Crippen LogP) is 4.52. The van der Waals surface area contributed by atoms with Crippen LogP contribution in [-0.2, 0) is 0 Å². The fourth-order valence-electron chi connectivity index (χ4n) is 2.25. The molecular weight excluding hydrogens is 352 g/mol. The van der Waals surface area contributed by atoms with Crippen molar-refractivity contribution in [1.82, 2.24) is 9.97 Å². The van der Waals surface area contributed by atoms with Gasteiger partial charge in [0.05, 0.1) is 17.3 Å². The number of ether oxygens (including phenoxy) is 1. The zero-order valence-electron chi connectivity index (χ0n) is 14.1. The molecule has 7 heteroatoms. The summed E-state index contributed by atoms with van der Waals surface area (Å²) in [5.41, 5.74) is 1.59. The maximum absolute atomic E-state index is 12.4. The lowest BCUT2D eigenvalue weighted by Gasteiger charge is -2.09. The summed E-state index contributed by atoms with van der Waals surface area (Å²) in [6.45, 7) is 2.51. The molecule has 6 nitrogen and oxygen atoms in total. The van der Waals surface area contributed by atoms with Crippen LogP contribution in [0.15, 0.2) is 60.9 Å². The minimum absolute atomic E-state index is 0.239. The molecule has 0 fully saturated rings. The van der Waals surface area contributed by atoms with E-state index in [0.717, 1.165) is 5.75 Å². The third-order valence-corrected chi connectivity index (χ3v) is 3.79. The normalized spacial score (nSPS) is 10.2. The van der Waals surface area contributed by atoms with Gasteiger partial charge in [-0.25, -0.2) is 9.97 Å². The van der Waals surface area contributed by atoms with E-state index in [9.17, 15) is 4.79 Å². The highest BCUT2D eigenvalue weighted by molar-refractivity contribution is 6.33. The Morgan fingerprint density at radius 2 is 1.88 bits per heavy atom. The smallest absolute Gasteiger partial charge is 0.274 e. The molecule has 0 saturated carbocycles. The third kappa shape index (κ3) is 4.49. The molecule has 1 heterocycles. The van der Waals surface area contributed by atoms with Crippen molar-refractivity contribution in [3.63, 3.8) is 0 Å². The molecule has 0 aliphatic carbocycles. The summed E-state index contributed by atoms with van der Waals surface area (Å²) < 4.78 is 5.38. The van der Waals surface area contributed by atoms with E-state index < -0.39 is 0 Å². The van der Waals surface area contributed by atoms with Crippen LogP contribution in [0.1, 0.15) is 17.4 Å². The van der Waals surface area contributed by atoms with Gasteiger partial charge in [-0.15, -0.1) is 0 Å². The number of para-hydroxylation sites is 1. The number of hydrogen-bond acceptors (Lipinski definition) is 5. The Morgan fingerprint density at radius 1 is 1.12 bits per heavy atom. The molecule has 0 aliphatic rings. The van der Waals surface area contributed by atoms with E-state index in [1.165, 1.54) is 6.33 Å². The van der Waals surface area contributed by atoms with Gasteiger partial charge in [0.2, 0.25) is 0 Å². The first-order valence-corrected chi connectivity index (χ1v) is 8.41. The van der Waals surface area contributed by atoms with Gasteiger partial charge in [0.25, 0.3) is 5.91 Å². The highest BCUT2D eigenvalue weighted by Gasteiger charge is 2.10. The number of nitrogens with zero attached hydrogens (tertiary/aromatic N) is 2. The number of nitrogens with one attached hydrogen (secondary N) is 2. The van der Waals surface area contributed by atoms with E-state index in [1.54, 1.807) is 36.4 Å². The van der Waals surface area contributed by atoms with Crippen LogP contribution in [0.25, 0.3) is 0 Å². The zero-order chi connectivity index (χ0) is 18.4. The van der Waals surface area contributed by atoms with Gasteiger partial charge in [0.15, 0.2) is 0 Å². The van der Waals surface area contributed by atoms with Crippen molar-refractivity contribution < 1.29 is 9.53 Å². The number of aromatic nitrogens is 2. The summed E-state index contributed by atoms with van der Waals surface area (Å²) in [6.07, 6.45) is 1.33. The Hall–Kier alpha value is -3.12. The molecule has 2 N–H and O–H groups in total. The van der Waals surface area contributed by atoms with Crippen LogP contribution >= 0.6 is 11.6 Å². The van der Waals surface area contributed by atoms with Gasteiger partial charge in [-0.3, -0.25) is 4.79 Å². The van der Waals surface area contributed by atoms with Crippen molar-refractivity contribution in [1.29, 1.82) is 0 Å². The average molecular weight is 369 g/mol. The minimum atomic E-state index is -0.334. The Balaban J connectivity index is 1.71. The van der Waals surface area contributed by atoms with Gasteiger partial charge >= 0.3 is 0 Å². The molecule has 0 atom stereocenters. The SMILES string of the molecule is CCOc1ccc(NC(=O)c2cc(Nc3ccccc3Cl)ncn2)cc1. The molecule has 1 amide bonds. The van der Waals surface area contributed by atoms with Gasteiger partial charge in [-0.05, 0) is 43.3 Å². The van der Waals surface area contributed by atoms with Gasteiger partial charge in [0.1, 0.15) is 23.6 Å². The zero-order valence-corrected chi connectivity index (χ0v) is 14.8. The standard InChI is InChI=1S/C19H17ClN4O2/c1-2-26-14-9-7-13(8-10-14)23-19(25)17-11-18(22-12-21-17)24-16-6-4-3-5-15(16)20/h3-12H,2H2,1H3,(H,23,25)(H,21,22,24). The van der Waals surface area contributed by atoms with E-state index in [1.807, 2.05) is 25.1 Å². The number of rotatable bonds is 6. The number of amides is 1. The molecule has 0 spiro atoms. The predicted molar refractivity (Wildman–Crippen MR) is 102 cm³/mol. The van der Waals surface area contributed by atoms with Gasteiger partial charge in [-0.1, -0.05) is 23.7 Å². The number of carbonyl (C=O) groups excluding carboxylic acids is 1. The van der Waals surface area contributed by atoms with Crippen LogP contribution in [0.4, 0.5) is 17.2 Å². The molecule has 3 rings (SSSR count). The molecule has 2 aromatic carbocycles. The molecule has 132 valence electrons. The van der Waals surface area contributed by atoms with Crippen LogP contribution < -0.4 is 15.4 Å². The summed E-state index contributed by atoms with van der Waals surface area (Å²) in [5.74, 6) is 0.891. The van der Waals surface area contributed by atoms with Crippen LogP contribution in [0.2, 0.25) is 5.02 Å². The lowest BCUT2D eigenvalue weighted by molar-refractivity contribution is 0.102. The highest BCUT2D eigenvalue weighted by Crippen LogP contribution is 2.24. The second-order valence-corrected chi connectivity index (χ2v) is 5.71. The van der Waals surface area contributed by atoms with Gasteiger partial charge in [-0.2, -0.15) is 0 Å². The number of hydrogen-bond donors (Lipinski definition) is 2. The maximum atomic E-state index is 12.4. The first kappa shape index (κ1) is 17.7. The molecule has 0 bridgehead atoms. The maximum Gasteiger partial charge on any atom is 0.274 e. The number of halogens is 1. The fraction of sp³-hybridized carbons (Fsp3) is 0.105. The average Bonchev–Trinajstić information content (AvgIpc) is 2.66. The molecule has 26 heavy (non-hydrogen) atoms. The first-order chi connectivity index (χ1) is 12.7. The summed E-state index contributed by atoms with van der Waals surface area (Å²) in [4.78, 5) is 20.6. The summed E-state index contributed by atoms with van der Waals surface area (Å²) >= 11 is 6.12. The molecule has 0 unspecified atom stereocenters. The van der Waals surface area contributed by atoms with E-state index in [2.05, 4.69) is 20.6 Å². The largest absolute Gasteiger partial charge is 0.494 e. The number of anilines is 3. The second kappa shape index (κ2) is 8.31. The summed E-state index contributed by atoms with van der Waals surface area (Å²) in [5, 5.41) is 6.43.